The van der Waals surface area contributed by atoms with Gasteiger partial charge in [0.2, 0.25) is 0 Å². The minimum atomic E-state index is -0.328. The number of hydrogen-bond acceptors (Lipinski definition) is 3. The maximum absolute atomic E-state index is 12.7. The largest absolute Gasteiger partial charge is 0.486 e. The van der Waals surface area contributed by atoms with Crippen molar-refractivity contribution in [2.75, 3.05) is 0 Å². The number of carbonyl (C=O) groups excluding carboxylic acids is 1. The second kappa shape index (κ2) is 12.2. The number of nitrogens with one attached hydrogen (secondary N) is 1. The van der Waals surface area contributed by atoms with Gasteiger partial charge in [0.05, 0.1) is 22.0 Å². The van der Waals surface area contributed by atoms with E-state index < -0.39 is 0 Å². The molecule has 200 valence electrons. The number of hydrazone groups is 1. The van der Waals surface area contributed by atoms with Crippen LogP contribution in [0.15, 0.2) is 108 Å². The molecular weight excluding hydrogens is 541 g/mol. The molecule has 0 unspecified atom stereocenters. The lowest BCUT2D eigenvalue weighted by molar-refractivity contribution is 0.0955. The molecule has 0 spiro atoms. The van der Waals surface area contributed by atoms with Crippen LogP contribution in [-0.2, 0) is 6.61 Å². The second-order valence-electron chi connectivity index (χ2n) is 9.40. The summed E-state index contributed by atoms with van der Waals surface area (Å²) >= 11 is 12.9. The fourth-order valence-electron chi connectivity index (χ4n) is 4.46. The van der Waals surface area contributed by atoms with Crippen molar-refractivity contribution < 1.29 is 9.53 Å². The van der Waals surface area contributed by atoms with Crippen molar-refractivity contribution in [3.8, 4) is 22.7 Å². The molecule has 0 aliphatic carbocycles. The summed E-state index contributed by atoms with van der Waals surface area (Å²) in [5.74, 6) is 0.0741. The number of ether oxygens (including phenoxy) is 1. The molecule has 1 aromatic heterocycles. The lowest BCUT2D eigenvalue weighted by atomic mass is 10.1. The van der Waals surface area contributed by atoms with Gasteiger partial charge in [0.15, 0.2) is 5.75 Å². The van der Waals surface area contributed by atoms with Gasteiger partial charge in [-0.15, -0.1) is 0 Å². The number of nitrogens with zero attached hydrogens (tertiary/aromatic N) is 2. The quantitative estimate of drug-likeness (QED) is 0.151. The molecule has 40 heavy (non-hydrogen) atoms. The van der Waals surface area contributed by atoms with Crippen LogP contribution in [0.5, 0.6) is 5.75 Å². The summed E-state index contributed by atoms with van der Waals surface area (Å²) in [5, 5.41) is 4.81. The zero-order valence-electron chi connectivity index (χ0n) is 22.1. The van der Waals surface area contributed by atoms with Crippen LogP contribution in [0.3, 0.4) is 0 Å². The molecule has 7 heteroatoms. The van der Waals surface area contributed by atoms with E-state index in [2.05, 4.69) is 46.3 Å². The summed E-state index contributed by atoms with van der Waals surface area (Å²) in [4.78, 5) is 12.7. The molecule has 0 bridgehead atoms. The van der Waals surface area contributed by atoms with E-state index in [0.29, 0.717) is 33.5 Å². The Hall–Kier alpha value is -4.32. The van der Waals surface area contributed by atoms with Gasteiger partial charge >= 0.3 is 0 Å². The standard InChI is InChI=1S/C33H27Cl2N3O2/c1-22-7-6-8-24(17-22)21-40-32-29(34)18-25(19-30(32)35)20-36-37-33(39)27-12-14-28(15-13-27)38-23(2)11-16-31(38)26-9-4-3-5-10-26/h3-20H,21H2,1-2H3,(H,37,39)/b36-20+. The number of hydrogen-bond donors (Lipinski definition) is 1. The molecule has 0 radical (unpaired) electrons. The first-order valence-electron chi connectivity index (χ1n) is 12.7. The highest BCUT2D eigenvalue weighted by Gasteiger charge is 2.12. The Labute approximate surface area is 243 Å². The third-order valence-corrected chi connectivity index (χ3v) is 6.96. The van der Waals surface area contributed by atoms with E-state index in [-0.39, 0.29) is 5.91 Å². The minimum Gasteiger partial charge on any atom is -0.486 e. The number of aryl methyl sites for hydroxylation is 2. The fraction of sp³-hybridized carbons (Fsp3) is 0.0909. The highest BCUT2D eigenvalue weighted by Crippen LogP contribution is 2.34. The summed E-state index contributed by atoms with van der Waals surface area (Å²) in [7, 11) is 0. The van der Waals surface area contributed by atoms with E-state index in [1.54, 1.807) is 24.3 Å². The molecule has 0 saturated carbocycles. The molecule has 0 aliphatic heterocycles. The lowest BCUT2D eigenvalue weighted by Gasteiger charge is -2.13. The Morgan fingerprint density at radius 2 is 1.60 bits per heavy atom. The Morgan fingerprint density at radius 1 is 0.875 bits per heavy atom. The maximum atomic E-state index is 12.7. The van der Waals surface area contributed by atoms with Crippen LogP contribution < -0.4 is 10.2 Å². The Morgan fingerprint density at radius 3 is 2.30 bits per heavy atom. The SMILES string of the molecule is Cc1cccc(COc2c(Cl)cc(/C=N/NC(=O)c3ccc(-n4c(C)ccc4-c4ccccc4)cc3)cc2Cl)c1. The van der Waals surface area contributed by atoms with Crippen LogP contribution in [0.1, 0.15) is 32.7 Å². The first kappa shape index (κ1) is 27.3. The van der Waals surface area contributed by atoms with Crippen LogP contribution in [0.25, 0.3) is 16.9 Å². The van der Waals surface area contributed by atoms with Crippen molar-refractivity contribution in [2.24, 2.45) is 5.10 Å². The van der Waals surface area contributed by atoms with E-state index in [1.807, 2.05) is 61.5 Å². The Balaban J connectivity index is 1.23. The van der Waals surface area contributed by atoms with Gasteiger partial charge in [-0.1, -0.05) is 83.4 Å². The summed E-state index contributed by atoms with van der Waals surface area (Å²) in [6.07, 6.45) is 1.49. The van der Waals surface area contributed by atoms with Crippen molar-refractivity contribution in [2.45, 2.75) is 20.5 Å². The highest BCUT2D eigenvalue weighted by atomic mass is 35.5. The lowest BCUT2D eigenvalue weighted by Crippen LogP contribution is -2.17. The van der Waals surface area contributed by atoms with Gasteiger partial charge in [-0.2, -0.15) is 5.10 Å². The number of aromatic nitrogens is 1. The summed E-state index contributed by atoms with van der Waals surface area (Å²) in [5.41, 5.74) is 10.1. The van der Waals surface area contributed by atoms with Gasteiger partial charge < -0.3 is 9.30 Å². The Bertz CT molecular complexity index is 1650. The van der Waals surface area contributed by atoms with Crippen LogP contribution in [-0.4, -0.2) is 16.7 Å². The van der Waals surface area contributed by atoms with Crippen molar-refractivity contribution >= 4 is 35.3 Å². The number of carbonyl (C=O) groups is 1. The van der Waals surface area contributed by atoms with E-state index in [4.69, 9.17) is 27.9 Å². The first-order valence-corrected chi connectivity index (χ1v) is 13.5. The van der Waals surface area contributed by atoms with E-state index in [0.717, 1.165) is 33.8 Å². The van der Waals surface area contributed by atoms with E-state index in [1.165, 1.54) is 6.21 Å². The van der Waals surface area contributed by atoms with Crippen molar-refractivity contribution in [1.29, 1.82) is 0 Å². The molecule has 5 nitrogen and oxygen atoms in total. The summed E-state index contributed by atoms with van der Waals surface area (Å²) in [6.45, 7) is 4.43. The molecule has 5 aromatic rings. The molecule has 0 atom stereocenters. The third kappa shape index (κ3) is 6.28. The van der Waals surface area contributed by atoms with Gasteiger partial charge in [-0.05, 0) is 79.1 Å². The van der Waals surface area contributed by atoms with Crippen LogP contribution in [0, 0.1) is 13.8 Å². The average molecular weight is 569 g/mol. The summed E-state index contributed by atoms with van der Waals surface area (Å²) in [6, 6.07) is 33.2. The predicted molar refractivity (Wildman–Crippen MR) is 163 cm³/mol. The molecule has 1 heterocycles. The smallest absolute Gasteiger partial charge is 0.271 e. The number of halogens is 2. The number of rotatable bonds is 8. The second-order valence-corrected chi connectivity index (χ2v) is 10.2. The highest BCUT2D eigenvalue weighted by molar-refractivity contribution is 6.37. The molecule has 1 N–H and O–H groups in total. The van der Waals surface area contributed by atoms with Crippen molar-refractivity contribution in [3.05, 3.63) is 141 Å². The molecule has 5 rings (SSSR count). The summed E-state index contributed by atoms with van der Waals surface area (Å²) < 4.78 is 8.02. The topological polar surface area (TPSA) is 55.6 Å². The van der Waals surface area contributed by atoms with E-state index in [9.17, 15) is 4.79 Å². The van der Waals surface area contributed by atoms with Crippen molar-refractivity contribution in [3.63, 3.8) is 0 Å². The fourth-order valence-corrected chi connectivity index (χ4v) is 5.07. The van der Waals surface area contributed by atoms with Crippen LogP contribution in [0.2, 0.25) is 10.0 Å². The van der Waals surface area contributed by atoms with Crippen LogP contribution in [0.4, 0.5) is 0 Å². The van der Waals surface area contributed by atoms with Crippen molar-refractivity contribution in [1.82, 2.24) is 9.99 Å². The van der Waals surface area contributed by atoms with Crippen LogP contribution >= 0.6 is 23.2 Å². The van der Waals surface area contributed by atoms with Gasteiger partial charge in [-0.25, -0.2) is 5.43 Å². The van der Waals surface area contributed by atoms with Gasteiger partial charge in [0, 0.05) is 16.9 Å². The zero-order chi connectivity index (χ0) is 28.1. The minimum absolute atomic E-state index is 0.328. The van der Waals surface area contributed by atoms with Gasteiger partial charge in [-0.3, -0.25) is 4.79 Å². The first-order chi connectivity index (χ1) is 19.4. The molecule has 0 aliphatic rings. The number of amides is 1. The van der Waals surface area contributed by atoms with Gasteiger partial charge in [0.1, 0.15) is 6.61 Å². The maximum Gasteiger partial charge on any atom is 0.271 e. The predicted octanol–water partition coefficient (Wildman–Crippen LogP) is 8.41. The van der Waals surface area contributed by atoms with E-state index >= 15 is 0 Å². The third-order valence-electron chi connectivity index (χ3n) is 6.40. The molecule has 0 saturated heterocycles. The monoisotopic (exact) mass is 567 g/mol. The molecular formula is C33H27Cl2N3O2. The molecule has 4 aromatic carbocycles. The molecule has 1 amide bonds. The molecule has 0 fully saturated rings. The zero-order valence-corrected chi connectivity index (χ0v) is 23.6. The Kier molecular flexibility index (Phi) is 8.34. The number of benzene rings is 4. The van der Waals surface area contributed by atoms with Gasteiger partial charge in [0.25, 0.3) is 5.91 Å². The average Bonchev–Trinajstić information content (AvgIpc) is 3.34. The normalized spacial score (nSPS) is 11.1.